The summed E-state index contributed by atoms with van der Waals surface area (Å²) in [6, 6.07) is 6.96. The minimum Gasteiger partial charge on any atom is -0.390 e. The first-order valence-corrected chi connectivity index (χ1v) is 5.96. The number of aliphatic hydroxyl groups excluding tert-OH is 1. The third-order valence-corrected chi connectivity index (χ3v) is 3.26. The van der Waals surface area contributed by atoms with Gasteiger partial charge in [0, 0.05) is 11.8 Å². The normalized spacial score (nSPS) is 10.6. The summed E-state index contributed by atoms with van der Waals surface area (Å²) >= 11 is 17.7. The van der Waals surface area contributed by atoms with Crippen LogP contribution < -0.4 is 0 Å². The highest BCUT2D eigenvalue weighted by atomic mass is 35.5. The Morgan fingerprint density at radius 1 is 1.06 bits per heavy atom. The monoisotopic (exact) mass is 287 g/mol. The Kier molecular flexibility index (Phi) is 3.89. The van der Waals surface area contributed by atoms with E-state index in [1.54, 1.807) is 24.3 Å². The van der Waals surface area contributed by atoms with E-state index in [1.807, 2.05) is 0 Å². The predicted molar refractivity (Wildman–Crippen MR) is 70.6 cm³/mol. The van der Waals surface area contributed by atoms with Gasteiger partial charge >= 0.3 is 0 Å². The summed E-state index contributed by atoms with van der Waals surface area (Å²) in [6.07, 6.45) is 1.49. The molecule has 1 heterocycles. The Morgan fingerprint density at radius 3 is 2.47 bits per heavy atom. The third-order valence-electron chi connectivity index (χ3n) is 2.32. The first-order valence-electron chi connectivity index (χ1n) is 4.82. The third kappa shape index (κ3) is 2.72. The van der Waals surface area contributed by atoms with Crippen molar-refractivity contribution >= 4 is 34.8 Å². The van der Waals surface area contributed by atoms with Gasteiger partial charge < -0.3 is 5.11 Å². The fourth-order valence-electron chi connectivity index (χ4n) is 1.51. The van der Waals surface area contributed by atoms with Gasteiger partial charge in [0.25, 0.3) is 0 Å². The van der Waals surface area contributed by atoms with Gasteiger partial charge in [-0.15, -0.1) is 0 Å². The Bertz CT molecular complexity index is 557. The highest BCUT2D eigenvalue weighted by molar-refractivity contribution is 6.42. The van der Waals surface area contributed by atoms with Crippen molar-refractivity contribution in [2.75, 3.05) is 0 Å². The molecule has 0 aliphatic heterocycles. The van der Waals surface area contributed by atoms with Crippen LogP contribution in [0.25, 0.3) is 11.1 Å². The van der Waals surface area contributed by atoms with Gasteiger partial charge in [0.05, 0.1) is 27.4 Å². The summed E-state index contributed by atoms with van der Waals surface area (Å²) in [4.78, 5) is 4.07. The van der Waals surface area contributed by atoms with E-state index in [-0.39, 0.29) is 6.61 Å². The molecule has 1 aromatic heterocycles. The second kappa shape index (κ2) is 5.23. The lowest BCUT2D eigenvalue weighted by molar-refractivity contribution is 0.277. The Balaban J connectivity index is 2.58. The fraction of sp³-hybridized carbons (Fsp3) is 0.0833. The van der Waals surface area contributed by atoms with Gasteiger partial charge in [-0.1, -0.05) is 40.9 Å². The molecule has 5 heteroatoms. The molecule has 0 bridgehead atoms. The maximum atomic E-state index is 9.23. The van der Waals surface area contributed by atoms with Crippen LogP contribution in [0.15, 0.2) is 30.5 Å². The SMILES string of the molecule is OCc1ncc(Cl)cc1-c1ccc(Cl)c(Cl)c1. The lowest BCUT2D eigenvalue weighted by Crippen LogP contribution is -1.93. The van der Waals surface area contributed by atoms with Crippen LogP contribution in [0.2, 0.25) is 15.1 Å². The lowest BCUT2D eigenvalue weighted by atomic mass is 10.0. The summed E-state index contributed by atoms with van der Waals surface area (Å²) in [5.41, 5.74) is 2.12. The molecule has 1 aromatic carbocycles. The van der Waals surface area contributed by atoms with Crippen LogP contribution in [0.3, 0.4) is 0 Å². The van der Waals surface area contributed by atoms with Gasteiger partial charge in [0.1, 0.15) is 0 Å². The zero-order valence-corrected chi connectivity index (χ0v) is 10.9. The van der Waals surface area contributed by atoms with Crippen LogP contribution in [-0.2, 0) is 6.61 Å². The molecular formula is C12H8Cl3NO. The zero-order valence-electron chi connectivity index (χ0n) is 8.62. The first kappa shape index (κ1) is 12.7. The Hall–Kier alpha value is -0.800. The minimum absolute atomic E-state index is 0.160. The molecule has 0 radical (unpaired) electrons. The number of aliphatic hydroxyl groups is 1. The number of nitrogens with zero attached hydrogens (tertiary/aromatic N) is 1. The lowest BCUT2D eigenvalue weighted by Gasteiger charge is -2.08. The maximum Gasteiger partial charge on any atom is 0.0859 e. The van der Waals surface area contributed by atoms with Crippen molar-refractivity contribution in [2.45, 2.75) is 6.61 Å². The van der Waals surface area contributed by atoms with Crippen LogP contribution in [-0.4, -0.2) is 10.1 Å². The molecule has 1 N–H and O–H groups in total. The average molecular weight is 289 g/mol. The maximum absolute atomic E-state index is 9.23. The number of halogens is 3. The summed E-state index contributed by atoms with van der Waals surface area (Å²) in [6.45, 7) is -0.160. The Morgan fingerprint density at radius 2 is 1.82 bits per heavy atom. The standard InChI is InChI=1S/C12H8Cl3NO/c13-8-4-9(12(6-17)16-5-8)7-1-2-10(14)11(15)3-7/h1-5,17H,6H2. The second-order valence-electron chi connectivity index (χ2n) is 3.43. The molecule has 0 spiro atoms. The van der Waals surface area contributed by atoms with Gasteiger partial charge in [-0.2, -0.15) is 0 Å². The van der Waals surface area contributed by atoms with E-state index in [0.717, 1.165) is 11.1 Å². The van der Waals surface area contributed by atoms with Crippen LogP contribution in [0.5, 0.6) is 0 Å². The molecule has 17 heavy (non-hydrogen) atoms. The van der Waals surface area contributed by atoms with E-state index < -0.39 is 0 Å². The van der Waals surface area contributed by atoms with Crippen LogP contribution in [0, 0.1) is 0 Å². The van der Waals surface area contributed by atoms with Crippen molar-refractivity contribution < 1.29 is 5.11 Å². The number of aromatic nitrogens is 1. The highest BCUT2D eigenvalue weighted by Crippen LogP contribution is 2.31. The van der Waals surface area contributed by atoms with Gasteiger partial charge in [-0.25, -0.2) is 0 Å². The van der Waals surface area contributed by atoms with Gasteiger partial charge in [0.2, 0.25) is 0 Å². The molecule has 88 valence electrons. The molecule has 2 nitrogen and oxygen atoms in total. The quantitative estimate of drug-likeness (QED) is 0.898. The molecule has 2 rings (SSSR count). The van der Waals surface area contributed by atoms with E-state index >= 15 is 0 Å². The van der Waals surface area contributed by atoms with Crippen molar-refractivity contribution in [2.24, 2.45) is 0 Å². The summed E-state index contributed by atoms with van der Waals surface area (Å²) < 4.78 is 0. The smallest absolute Gasteiger partial charge is 0.0859 e. The van der Waals surface area contributed by atoms with Gasteiger partial charge in [-0.3, -0.25) is 4.98 Å². The summed E-state index contributed by atoms with van der Waals surface area (Å²) in [5.74, 6) is 0. The summed E-state index contributed by atoms with van der Waals surface area (Å²) in [7, 11) is 0. The van der Waals surface area contributed by atoms with Crippen LogP contribution in [0.1, 0.15) is 5.69 Å². The van der Waals surface area contributed by atoms with Crippen LogP contribution in [0.4, 0.5) is 0 Å². The molecule has 0 unspecified atom stereocenters. The second-order valence-corrected chi connectivity index (χ2v) is 4.69. The number of pyridine rings is 1. The zero-order chi connectivity index (χ0) is 12.4. The first-order chi connectivity index (χ1) is 8.11. The predicted octanol–water partition coefficient (Wildman–Crippen LogP) is 4.20. The topological polar surface area (TPSA) is 33.1 Å². The molecule has 0 atom stereocenters. The number of hydrogen-bond acceptors (Lipinski definition) is 2. The van der Waals surface area contributed by atoms with E-state index in [4.69, 9.17) is 34.8 Å². The van der Waals surface area contributed by atoms with Gasteiger partial charge in [0.15, 0.2) is 0 Å². The number of rotatable bonds is 2. The Labute approximate surface area is 114 Å². The molecule has 0 aliphatic rings. The van der Waals surface area contributed by atoms with E-state index in [0.29, 0.717) is 20.8 Å². The minimum atomic E-state index is -0.160. The average Bonchev–Trinajstić information content (AvgIpc) is 2.32. The summed E-state index contributed by atoms with van der Waals surface area (Å²) in [5, 5.41) is 10.7. The number of hydrogen-bond donors (Lipinski definition) is 1. The van der Waals surface area contributed by atoms with Crippen LogP contribution >= 0.6 is 34.8 Å². The molecule has 2 aromatic rings. The molecule has 0 amide bonds. The molecule has 0 saturated carbocycles. The number of benzene rings is 1. The van der Waals surface area contributed by atoms with E-state index in [2.05, 4.69) is 4.98 Å². The van der Waals surface area contributed by atoms with Crippen molar-refractivity contribution in [1.29, 1.82) is 0 Å². The fourth-order valence-corrected chi connectivity index (χ4v) is 1.96. The van der Waals surface area contributed by atoms with E-state index in [9.17, 15) is 5.11 Å². The molecule has 0 saturated heterocycles. The van der Waals surface area contributed by atoms with Gasteiger partial charge in [-0.05, 0) is 23.8 Å². The van der Waals surface area contributed by atoms with Crippen molar-refractivity contribution in [3.05, 3.63) is 51.2 Å². The van der Waals surface area contributed by atoms with Crippen molar-refractivity contribution in [1.82, 2.24) is 4.98 Å². The largest absolute Gasteiger partial charge is 0.390 e. The molecular weight excluding hydrogens is 280 g/mol. The molecule has 0 fully saturated rings. The highest BCUT2D eigenvalue weighted by Gasteiger charge is 2.08. The molecule has 0 aliphatic carbocycles. The van der Waals surface area contributed by atoms with E-state index in [1.165, 1.54) is 6.20 Å². The van der Waals surface area contributed by atoms with Crippen molar-refractivity contribution in [3.8, 4) is 11.1 Å². The van der Waals surface area contributed by atoms with Crippen molar-refractivity contribution in [3.63, 3.8) is 0 Å².